The molecule has 7 nitrogen and oxygen atoms in total. The predicted octanol–water partition coefficient (Wildman–Crippen LogP) is 2.50. The second-order valence-corrected chi connectivity index (χ2v) is 7.03. The van der Waals surface area contributed by atoms with Gasteiger partial charge < -0.3 is 19.1 Å². The summed E-state index contributed by atoms with van der Waals surface area (Å²) < 4.78 is 15.6. The van der Waals surface area contributed by atoms with E-state index in [-0.39, 0.29) is 24.6 Å². The molecular weight excluding hydrogens is 324 g/mol. The minimum Gasteiger partial charge on any atom is -0.444 e. The van der Waals surface area contributed by atoms with Crippen molar-refractivity contribution in [2.75, 3.05) is 27.0 Å². The second kappa shape index (κ2) is 8.40. The molecule has 2 heterocycles. The molecule has 7 heteroatoms. The van der Waals surface area contributed by atoms with Crippen LogP contribution in [0.5, 0.6) is 0 Å². The van der Waals surface area contributed by atoms with Crippen molar-refractivity contribution in [2.24, 2.45) is 0 Å². The van der Waals surface area contributed by atoms with Crippen molar-refractivity contribution < 1.29 is 23.8 Å². The molecule has 1 aromatic heterocycles. The van der Waals surface area contributed by atoms with Crippen LogP contribution >= 0.6 is 0 Å². The number of carbonyl (C=O) groups excluding carboxylic acids is 2. The first-order valence-corrected chi connectivity index (χ1v) is 8.32. The smallest absolute Gasteiger partial charge is 0.410 e. The molecule has 1 aliphatic rings. The van der Waals surface area contributed by atoms with Gasteiger partial charge in [-0.3, -0.25) is 9.78 Å². The van der Waals surface area contributed by atoms with E-state index >= 15 is 0 Å². The zero-order valence-corrected chi connectivity index (χ0v) is 15.3. The third-order valence-electron chi connectivity index (χ3n) is 3.77. The zero-order valence-electron chi connectivity index (χ0n) is 15.3. The number of amides is 1. The summed E-state index contributed by atoms with van der Waals surface area (Å²) in [5.41, 5.74) is 0.998. The fraction of sp³-hybridized carbons (Fsp3) is 0.611. The third-order valence-corrected chi connectivity index (χ3v) is 3.77. The van der Waals surface area contributed by atoms with E-state index in [0.29, 0.717) is 26.1 Å². The van der Waals surface area contributed by atoms with Gasteiger partial charge in [-0.05, 0) is 38.5 Å². The monoisotopic (exact) mass is 350 g/mol. The molecule has 1 atom stereocenters. The highest BCUT2D eigenvalue weighted by Gasteiger charge is 2.33. The first-order chi connectivity index (χ1) is 11.8. The number of ether oxygens (including phenoxy) is 3. The number of pyridine rings is 1. The lowest BCUT2D eigenvalue weighted by molar-refractivity contribution is -0.123. The lowest BCUT2D eigenvalue weighted by atomic mass is 9.89. The molecule has 25 heavy (non-hydrogen) atoms. The number of methoxy groups -OCH3 is 1. The maximum atomic E-state index is 12.4. The van der Waals surface area contributed by atoms with Gasteiger partial charge in [-0.2, -0.15) is 0 Å². The number of Topliss-reactive ketones (excluding diaryl/α,β-unsaturated/α-hetero) is 1. The third kappa shape index (κ3) is 5.79. The van der Waals surface area contributed by atoms with E-state index in [2.05, 4.69) is 4.98 Å². The molecule has 0 aromatic carbocycles. The molecule has 1 aromatic rings. The van der Waals surface area contributed by atoms with Crippen molar-refractivity contribution in [1.29, 1.82) is 0 Å². The van der Waals surface area contributed by atoms with Gasteiger partial charge in [-0.15, -0.1) is 0 Å². The van der Waals surface area contributed by atoms with Crippen molar-refractivity contribution in [2.45, 2.75) is 45.3 Å². The number of likely N-dealkylation sites (tertiary alicyclic amines) is 1. The summed E-state index contributed by atoms with van der Waals surface area (Å²) >= 11 is 0. The van der Waals surface area contributed by atoms with E-state index in [1.807, 2.05) is 26.8 Å². The largest absolute Gasteiger partial charge is 0.444 e. The summed E-state index contributed by atoms with van der Waals surface area (Å²) in [6.07, 6.45) is 1.59. The van der Waals surface area contributed by atoms with E-state index in [0.717, 1.165) is 11.3 Å². The minimum atomic E-state index is -0.559. The predicted molar refractivity (Wildman–Crippen MR) is 91.1 cm³/mol. The van der Waals surface area contributed by atoms with Crippen molar-refractivity contribution in [1.82, 2.24) is 9.88 Å². The Balaban J connectivity index is 2.07. The summed E-state index contributed by atoms with van der Waals surface area (Å²) in [4.78, 5) is 30.5. The SMILES string of the molecule is COCOCc1cc(C2CN(C(=O)OC(C)(C)C)CCC2=O)ccn1. The van der Waals surface area contributed by atoms with Gasteiger partial charge in [0.25, 0.3) is 0 Å². The van der Waals surface area contributed by atoms with Gasteiger partial charge in [0.2, 0.25) is 0 Å². The zero-order chi connectivity index (χ0) is 18.4. The summed E-state index contributed by atoms with van der Waals surface area (Å²) in [7, 11) is 1.55. The minimum absolute atomic E-state index is 0.120. The topological polar surface area (TPSA) is 78.0 Å². The van der Waals surface area contributed by atoms with Gasteiger partial charge in [0.1, 0.15) is 18.2 Å². The van der Waals surface area contributed by atoms with Crippen molar-refractivity contribution in [3.63, 3.8) is 0 Å². The summed E-state index contributed by atoms with van der Waals surface area (Å²) in [6.45, 7) is 6.67. The fourth-order valence-electron chi connectivity index (χ4n) is 2.64. The van der Waals surface area contributed by atoms with Crippen LogP contribution < -0.4 is 0 Å². The Hall–Kier alpha value is -1.99. The Kier molecular flexibility index (Phi) is 6.50. The van der Waals surface area contributed by atoms with Crippen molar-refractivity contribution in [3.05, 3.63) is 29.6 Å². The standard InChI is InChI=1S/C18H26N2O5/c1-18(2,3)25-17(22)20-8-6-16(21)15(10-20)13-5-7-19-14(9-13)11-24-12-23-4/h5,7,9,15H,6,8,10-12H2,1-4H3. The van der Waals surface area contributed by atoms with Gasteiger partial charge in [0, 0.05) is 32.8 Å². The molecule has 0 bridgehead atoms. The average Bonchev–Trinajstić information content (AvgIpc) is 2.54. The Morgan fingerprint density at radius 2 is 2.16 bits per heavy atom. The van der Waals surface area contributed by atoms with Gasteiger partial charge in [0.15, 0.2) is 0 Å². The van der Waals surface area contributed by atoms with E-state index < -0.39 is 5.60 Å². The van der Waals surface area contributed by atoms with Crippen LogP contribution in [0.15, 0.2) is 18.3 Å². The van der Waals surface area contributed by atoms with Crippen LogP contribution in [0, 0.1) is 0 Å². The molecule has 0 aliphatic carbocycles. The van der Waals surface area contributed by atoms with E-state index in [1.165, 1.54) is 0 Å². The molecule has 0 saturated carbocycles. The van der Waals surface area contributed by atoms with Crippen LogP contribution in [0.25, 0.3) is 0 Å². The number of hydrogen-bond donors (Lipinski definition) is 0. The molecular formula is C18H26N2O5. The highest BCUT2D eigenvalue weighted by molar-refractivity contribution is 5.88. The second-order valence-electron chi connectivity index (χ2n) is 7.03. The molecule has 1 unspecified atom stereocenters. The van der Waals surface area contributed by atoms with Crippen LogP contribution in [0.2, 0.25) is 0 Å². The Morgan fingerprint density at radius 1 is 1.40 bits per heavy atom. The Labute approximate surface area is 148 Å². The Bertz CT molecular complexity index is 612. The molecule has 1 fully saturated rings. The number of piperidine rings is 1. The van der Waals surface area contributed by atoms with Crippen molar-refractivity contribution in [3.8, 4) is 0 Å². The first-order valence-electron chi connectivity index (χ1n) is 8.32. The Morgan fingerprint density at radius 3 is 2.84 bits per heavy atom. The van der Waals surface area contributed by atoms with E-state index in [4.69, 9.17) is 14.2 Å². The lowest BCUT2D eigenvalue weighted by Gasteiger charge is -2.33. The molecule has 2 rings (SSSR count). The fourth-order valence-corrected chi connectivity index (χ4v) is 2.64. The van der Waals surface area contributed by atoms with Crippen molar-refractivity contribution >= 4 is 11.9 Å². The van der Waals surface area contributed by atoms with E-state index in [9.17, 15) is 9.59 Å². The maximum Gasteiger partial charge on any atom is 0.410 e. The molecule has 1 amide bonds. The molecule has 0 radical (unpaired) electrons. The van der Waals surface area contributed by atoms with Crippen LogP contribution in [-0.2, 0) is 25.6 Å². The number of hydrogen-bond acceptors (Lipinski definition) is 6. The molecule has 1 aliphatic heterocycles. The number of ketones is 1. The first kappa shape index (κ1) is 19.3. The number of aromatic nitrogens is 1. The average molecular weight is 350 g/mol. The number of rotatable bonds is 5. The van der Waals surface area contributed by atoms with Crippen LogP contribution in [0.4, 0.5) is 4.79 Å². The maximum absolute atomic E-state index is 12.4. The normalized spacial score (nSPS) is 18.3. The van der Waals surface area contributed by atoms with Crippen LogP contribution in [-0.4, -0.2) is 54.4 Å². The van der Waals surface area contributed by atoms with Gasteiger partial charge >= 0.3 is 6.09 Å². The highest BCUT2D eigenvalue weighted by Crippen LogP contribution is 2.25. The summed E-state index contributed by atoms with van der Waals surface area (Å²) in [5.74, 6) is -0.250. The van der Waals surface area contributed by atoms with Gasteiger partial charge in [-0.1, -0.05) is 0 Å². The summed E-state index contributed by atoms with van der Waals surface area (Å²) in [6, 6.07) is 3.65. The molecule has 138 valence electrons. The molecule has 1 saturated heterocycles. The van der Waals surface area contributed by atoms with Gasteiger partial charge in [0.05, 0.1) is 18.2 Å². The van der Waals surface area contributed by atoms with Crippen LogP contribution in [0.1, 0.15) is 44.4 Å². The molecule has 0 N–H and O–H groups in total. The lowest BCUT2D eigenvalue weighted by Crippen LogP contribution is -2.45. The van der Waals surface area contributed by atoms with E-state index in [1.54, 1.807) is 24.3 Å². The quantitative estimate of drug-likeness (QED) is 0.600. The number of carbonyl (C=O) groups is 2. The summed E-state index contributed by atoms with van der Waals surface area (Å²) in [5, 5.41) is 0. The van der Waals surface area contributed by atoms with Gasteiger partial charge in [-0.25, -0.2) is 4.79 Å². The number of nitrogens with zero attached hydrogens (tertiary/aromatic N) is 2. The van der Waals surface area contributed by atoms with Crippen LogP contribution in [0.3, 0.4) is 0 Å². The molecule has 0 spiro atoms. The highest BCUT2D eigenvalue weighted by atomic mass is 16.7.